The molecule has 0 N–H and O–H groups in total. The van der Waals surface area contributed by atoms with Crippen LogP contribution in [0.2, 0.25) is 0 Å². The number of hydrogen-bond acceptors (Lipinski definition) is 8. The van der Waals surface area contributed by atoms with Gasteiger partial charge in [0.15, 0.2) is 0 Å². The van der Waals surface area contributed by atoms with Crippen molar-refractivity contribution < 1.29 is 33.7 Å². The molecule has 1 amide bonds. The highest BCUT2D eigenvalue weighted by Gasteiger charge is 2.56. The maximum absolute atomic E-state index is 13.1. The first-order valence-corrected chi connectivity index (χ1v) is 10.3. The minimum atomic E-state index is -0.852. The normalized spacial score (nSPS) is 22.7. The van der Waals surface area contributed by atoms with E-state index in [1.807, 2.05) is 42.5 Å². The molecule has 0 saturated carbocycles. The lowest BCUT2D eigenvalue weighted by molar-refractivity contribution is -0.491. The fourth-order valence-electron chi connectivity index (χ4n) is 3.67. The molecule has 3 aromatic carbocycles. The second kappa shape index (κ2) is 9.08. The summed E-state index contributed by atoms with van der Waals surface area (Å²) in [6.45, 7) is 0. The van der Waals surface area contributed by atoms with E-state index in [4.69, 9.17) is 28.9 Å². The number of benzene rings is 3. The SMILES string of the molecule is COc1ccc(C2OON(N3C(=O)[C@@H](Oc4ccccc4)[C@H]3c3ccc(OC)cc3)O2)cc1. The number of methoxy groups -OCH3 is 2. The monoisotopic (exact) mass is 450 g/mol. The Morgan fingerprint density at radius 2 is 1.36 bits per heavy atom. The highest BCUT2D eigenvalue weighted by atomic mass is 17.4. The third-order valence-electron chi connectivity index (χ3n) is 5.43. The van der Waals surface area contributed by atoms with E-state index in [-0.39, 0.29) is 5.91 Å². The topological polar surface area (TPSA) is 78.9 Å². The molecule has 9 heteroatoms. The average Bonchev–Trinajstić information content (AvgIpc) is 3.35. The summed E-state index contributed by atoms with van der Waals surface area (Å²) in [5.41, 5.74) is 1.51. The number of ether oxygens (including phenoxy) is 3. The van der Waals surface area contributed by atoms with Gasteiger partial charge in [-0.3, -0.25) is 4.79 Å². The van der Waals surface area contributed by atoms with E-state index in [0.717, 1.165) is 10.9 Å². The van der Waals surface area contributed by atoms with Gasteiger partial charge in [0, 0.05) is 5.56 Å². The Hall–Kier alpha value is -3.63. The van der Waals surface area contributed by atoms with Gasteiger partial charge in [0.05, 0.1) is 19.6 Å². The van der Waals surface area contributed by atoms with Crippen LogP contribution in [-0.4, -0.2) is 36.6 Å². The molecule has 2 aliphatic heterocycles. The first kappa shape index (κ1) is 21.2. The Bertz CT molecular complexity index is 1090. The lowest BCUT2D eigenvalue weighted by Gasteiger charge is -2.46. The van der Waals surface area contributed by atoms with Gasteiger partial charge in [-0.15, -0.1) is 0 Å². The molecule has 3 atom stereocenters. The molecule has 0 bridgehead atoms. The molecule has 2 saturated heterocycles. The minimum absolute atomic E-state index is 0.335. The Morgan fingerprint density at radius 3 is 1.97 bits per heavy atom. The first-order valence-electron chi connectivity index (χ1n) is 10.3. The summed E-state index contributed by atoms with van der Waals surface area (Å²) in [7, 11) is 3.18. The standard InChI is InChI=1S/C24H22N2O7/c1-28-18-12-8-16(9-13-18)21-22(30-20-6-4-3-5-7-20)23(27)25(21)26-31-24(32-33-26)17-10-14-19(29-2)15-11-17/h3-15,21-22,24H,1-2H3/t21-,22+,24?/m1/s1. The van der Waals surface area contributed by atoms with Crippen molar-refractivity contribution in [3.63, 3.8) is 0 Å². The average molecular weight is 450 g/mol. The summed E-state index contributed by atoms with van der Waals surface area (Å²) < 4.78 is 16.4. The van der Waals surface area contributed by atoms with Crippen LogP contribution in [-0.2, 0) is 19.5 Å². The van der Waals surface area contributed by atoms with Gasteiger partial charge in [-0.25, -0.2) is 9.85 Å². The Balaban J connectivity index is 1.37. The van der Waals surface area contributed by atoms with Gasteiger partial charge >= 0.3 is 0 Å². The first-order chi connectivity index (χ1) is 16.2. The van der Waals surface area contributed by atoms with Crippen molar-refractivity contribution in [3.8, 4) is 17.2 Å². The molecular weight excluding hydrogens is 428 g/mol. The summed E-state index contributed by atoms with van der Waals surface area (Å²) >= 11 is 0. The molecule has 2 heterocycles. The number of carbonyl (C=O) groups excluding carboxylic acids is 1. The predicted octanol–water partition coefficient (Wildman–Crippen LogP) is 3.76. The Labute approximate surface area is 190 Å². The van der Waals surface area contributed by atoms with Crippen LogP contribution in [0, 0.1) is 0 Å². The highest BCUT2D eigenvalue weighted by Crippen LogP contribution is 2.42. The summed E-state index contributed by atoms with van der Waals surface area (Å²) in [4.78, 5) is 29.4. The van der Waals surface area contributed by atoms with Crippen LogP contribution in [0.25, 0.3) is 0 Å². The number of nitrogens with zero attached hydrogens (tertiary/aromatic N) is 2. The maximum Gasteiger partial charge on any atom is 0.285 e. The maximum atomic E-state index is 13.1. The number of hydrazine groups is 1. The van der Waals surface area contributed by atoms with Crippen molar-refractivity contribution >= 4 is 5.91 Å². The van der Waals surface area contributed by atoms with E-state index >= 15 is 0 Å². The van der Waals surface area contributed by atoms with E-state index in [9.17, 15) is 4.79 Å². The zero-order valence-electron chi connectivity index (χ0n) is 18.0. The molecule has 3 aromatic rings. The van der Waals surface area contributed by atoms with Gasteiger partial charge in [-0.2, -0.15) is 4.89 Å². The second-order valence-corrected chi connectivity index (χ2v) is 7.37. The van der Waals surface area contributed by atoms with Crippen molar-refractivity contribution in [1.29, 1.82) is 0 Å². The van der Waals surface area contributed by atoms with Crippen LogP contribution in [0.5, 0.6) is 17.2 Å². The summed E-state index contributed by atoms with van der Waals surface area (Å²) in [6.07, 6.45) is -1.62. The van der Waals surface area contributed by atoms with Crippen LogP contribution >= 0.6 is 0 Å². The molecule has 0 aliphatic carbocycles. The number of β-lactam (4-membered cyclic amide) rings is 1. The summed E-state index contributed by atoms with van der Waals surface area (Å²) in [5, 5.41) is 2.27. The minimum Gasteiger partial charge on any atom is -0.497 e. The molecule has 5 rings (SSSR count). The number of para-hydroxylation sites is 1. The predicted molar refractivity (Wildman–Crippen MR) is 114 cm³/mol. The molecule has 170 valence electrons. The van der Waals surface area contributed by atoms with Gasteiger partial charge in [-0.05, 0) is 42.0 Å². The molecule has 2 fully saturated rings. The van der Waals surface area contributed by atoms with Gasteiger partial charge in [-0.1, -0.05) is 47.5 Å². The molecular formula is C24H22N2O7. The lowest BCUT2D eigenvalue weighted by atomic mass is 9.92. The molecule has 1 unspecified atom stereocenters. The van der Waals surface area contributed by atoms with Crippen LogP contribution < -0.4 is 14.2 Å². The molecule has 9 nitrogen and oxygen atoms in total. The van der Waals surface area contributed by atoms with Crippen molar-refractivity contribution in [2.45, 2.75) is 18.4 Å². The van der Waals surface area contributed by atoms with Gasteiger partial charge < -0.3 is 14.2 Å². The van der Waals surface area contributed by atoms with Crippen molar-refractivity contribution in [3.05, 3.63) is 90.0 Å². The fourth-order valence-corrected chi connectivity index (χ4v) is 3.67. The van der Waals surface area contributed by atoms with E-state index < -0.39 is 18.4 Å². The van der Waals surface area contributed by atoms with Gasteiger partial charge in [0.1, 0.15) is 23.3 Å². The van der Waals surface area contributed by atoms with Crippen molar-refractivity contribution in [1.82, 2.24) is 10.3 Å². The number of hydrogen-bond donors (Lipinski definition) is 0. The molecule has 2 aliphatic rings. The van der Waals surface area contributed by atoms with Crippen LogP contribution in [0.1, 0.15) is 23.5 Å². The molecule has 0 radical (unpaired) electrons. The number of carbonyl (C=O) groups is 1. The van der Waals surface area contributed by atoms with E-state index in [1.165, 1.54) is 5.01 Å². The zero-order valence-corrected chi connectivity index (χ0v) is 18.0. The largest absolute Gasteiger partial charge is 0.497 e. The fraction of sp³-hybridized carbons (Fsp3) is 0.208. The summed E-state index contributed by atoms with van der Waals surface area (Å²) in [5.74, 6) is 1.66. The molecule has 0 spiro atoms. The third kappa shape index (κ3) is 4.10. The number of rotatable bonds is 7. The van der Waals surface area contributed by atoms with Crippen LogP contribution in [0.15, 0.2) is 78.9 Å². The quantitative estimate of drug-likeness (QED) is 0.398. The van der Waals surface area contributed by atoms with E-state index in [1.54, 1.807) is 50.6 Å². The Kier molecular flexibility index (Phi) is 5.84. The number of amides is 1. The highest BCUT2D eigenvalue weighted by molar-refractivity contribution is 5.88. The van der Waals surface area contributed by atoms with Gasteiger partial charge in [0.25, 0.3) is 5.91 Å². The lowest BCUT2D eigenvalue weighted by Crippen LogP contribution is -2.65. The van der Waals surface area contributed by atoms with Crippen LogP contribution in [0.3, 0.4) is 0 Å². The second-order valence-electron chi connectivity index (χ2n) is 7.37. The van der Waals surface area contributed by atoms with Crippen molar-refractivity contribution in [2.24, 2.45) is 0 Å². The van der Waals surface area contributed by atoms with Crippen molar-refractivity contribution in [2.75, 3.05) is 14.2 Å². The third-order valence-corrected chi connectivity index (χ3v) is 5.43. The molecule has 0 aromatic heterocycles. The van der Waals surface area contributed by atoms with Crippen LogP contribution in [0.4, 0.5) is 0 Å². The van der Waals surface area contributed by atoms with E-state index in [2.05, 4.69) is 0 Å². The van der Waals surface area contributed by atoms with Gasteiger partial charge in [0.2, 0.25) is 12.4 Å². The molecule has 33 heavy (non-hydrogen) atoms. The zero-order chi connectivity index (χ0) is 22.8. The van der Waals surface area contributed by atoms with E-state index in [0.29, 0.717) is 22.8 Å². The Morgan fingerprint density at radius 1 is 0.758 bits per heavy atom. The summed E-state index contributed by atoms with van der Waals surface area (Å²) in [6, 6.07) is 23.2. The smallest absolute Gasteiger partial charge is 0.285 e.